The van der Waals surface area contributed by atoms with E-state index in [1.807, 2.05) is 29.7 Å². The summed E-state index contributed by atoms with van der Waals surface area (Å²) in [5, 5.41) is 23.5. The maximum atomic E-state index is 13.2. The second kappa shape index (κ2) is 11.8. The summed E-state index contributed by atoms with van der Waals surface area (Å²) in [6.07, 6.45) is 0. The van der Waals surface area contributed by atoms with Crippen LogP contribution in [0, 0.1) is 17.0 Å². The van der Waals surface area contributed by atoms with Gasteiger partial charge in [-0.3, -0.25) is 19.5 Å². The van der Waals surface area contributed by atoms with Crippen molar-refractivity contribution < 1.29 is 19.2 Å². The zero-order valence-electron chi connectivity index (χ0n) is 21.4. The standard InChI is InChI=1S/C27H27N5O5S/c1-17-7-5-6-8-19(17)16-38-27-30-29-25(31(27)20-9-11-21(12-10-20)32(34)35)18(2)28-26(33)23-14-13-22(36-3)15-24(23)37-4/h5-15,18H,16H2,1-4H3,(H,28,33). The summed E-state index contributed by atoms with van der Waals surface area (Å²) in [4.78, 5) is 23.9. The summed E-state index contributed by atoms with van der Waals surface area (Å²) < 4.78 is 12.4. The van der Waals surface area contributed by atoms with Gasteiger partial charge in [0.15, 0.2) is 11.0 Å². The number of benzene rings is 3. The lowest BCUT2D eigenvalue weighted by molar-refractivity contribution is -0.384. The second-order valence-corrected chi connectivity index (χ2v) is 9.37. The first-order valence-electron chi connectivity index (χ1n) is 11.7. The third-order valence-corrected chi connectivity index (χ3v) is 6.96. The molecule has 0 aliphatic rings. The van der Waals surface area contributed by atoms with E-state index in [9.17, 15) is 14.9 Å². The predicted molar refractivity (Wildman–Crippen MR) is 144 cm³/mol. The highest BCUT2D eigenvalue weighted by Crippen LogP contribution is 2.30. The first-order valence-corrected chi connectivity index (χ1v) is 12.7. The highest BCUT2D eigenvalue weighted by molar-refractivity contribution is 7.98. The van der Waals surface area contributed by atoms with Gasteiger partial charge in [0.05, 0.1) is 30.7 Å². The monoisotopic (exact) mass is 533 g/mol. The Hall–Kier alpha value is -4.38. The number of carbonyl (C=O) groups excluding carboxylic acids is 1. The summed E-state index contributed by atoms with van der Waals surface area (Å²) in [5.41, 5.74) is 3.29. The first kappa shape index (κ1) is 26.7. The Kier molecular flexibility index (Phi) is 8.27. The Bertz CT molecular complexity index is 1450. The number of nitro benzene ring substituents is 1. The number of aromatic nitrogens is 3. The number of nitrogens with zero attached hydrogens (tertiary/aromatic N) is 4. The van der Waals surface area contributed by atoms with Gasteiger partial charge < -0.3 is 14.8 Å². The maximum Gasteiger partial charge on any atom is 0.269 e. The van der Waals surface area contributed by atoms with E-state index < -0.39 is 11.0 Å². The molecule has 1 N–H and O–H groups in total. The molecule has 196 valence electrons. The van der Waals surface area contributed by atoms with Crippen LogP contribution in [0.4, 0.5) is 5.69 Å². The number of rotatable bonds is 10. The minimum Gasteiger partial charge on any atom is -0.497 e. The highest BCUT2D eigenvalue weighted by Gasteiger charge is 2.23. The lowest BCUT2D eigenvalue weighted by Crippen LogP contribution is -2.29. The number of aryl methyl sites for hydroxylation is 1. The summed E-state index contributed by atoms with van der Waals surface area (Å²) in [6.45, 7) is 3.85. The van der Waals surface area contributed by atoms with Crippen LogP contribution < -0.4 is 14.8 Å². The molecule has 0 aliphatic heterocycles. The van der Waals surface area contributed by atoms with Crippen LogP contribution in [0.15, 0.2) is 71.9 Å². The summed E-state index contributed by atoms with van der Waals surface area (Å²) in [5.74, 6) is 1.72. The number of amides is 1. The van der Waals surface area contributed by atoms with Gasteiger partial charge in [-0.2, -0.15) is 0 Å². The van der Waals surface area contributed by atoms with Gasteiger partial charge in [0.25, 0.3) is 11.6 Å². The number of nitrogens with one attached hydrogen (secondary N) is 1. The fourth-order valence-electron chi connectivity index (χ4n) is 3.86. The quantitative estimate of drug-likeness (QED) is 0.166. The molecule has 0 bridgehead atoms. The average molecular weight is 534 g/mol. The molecule has 3 aromatic carbocycles. The molecule has 0 fully saturated rings. The summed E-state index contributed by atoms with van der Waals surface area (Å²) >= 11 is 1.49. The molecule has 4 aromatic rings. The van der Waals surface area contributed by atoms with E-state index in [0.717, 1.165) is 11.1 Å². The van der Waals surface area contributed by atoms with Crippen LogP contribution in [0.5, 0.6) is 11.5 Å². The van der Waals surface area contributed by atoms with Crippen LogP contribution in [0.2, 0.25) is 0 Å². The van der Waals surface area contributed by atoms with Crippen molar-refractivity contribution in [3.05, 3.63) is 99.4 Å². The molecule has 1 unspecified atom stereocenters. The summed E-state index contributed by atoms with van der Waals surface area (Å²) in [6, 6.07) is 18.6. The number of ether oxygens (including phenoxy) is 2. The third-order valence-electron chi connectivity index (χ3n) is 5.98. The topological polar surface area (TPSA) is 121 Å². The van der Waals surface area contributed by atoms with Gasteiger partial charge in [-0.25, -0.2) is 0 Å². The molecule has 0 aliphatic carbocycles. The Morgan fingerprint density at radius 2 is 1.82 bits per heavy atom. The van der Waals surface area contributed by atoms with Gasteiger partial charge in [-0.05, 0) is 49.2 Å². The predicted octanol–water partition coefficient (Wildman–Crippen LogP) is 5.28. The first-order chi connectivity index (χ1) is 18.3. The van der Waals surface area contributed by atoms with Crippen molar-refractivity contribution in [3.63, 3.8) is 0 Å². The second-order valence-electron chi connectivity index (χ2n) is 8.43. The molecular formula is C27H27N5O5S. The van der Waals surface area contributed by atoms with Crippen LogP contribution in [-0.2, 0) is 5.75 Å². The lowest BCUT2D eigenvalue weighted by atomic mass is 10.1. The largest absolute Gasteiger partial charge is 0.497 e. The van der Waals surface area contributed by atoms with Gasteiger partial charge in [-0.1, -0.05) is 36.0 Å². The van der Waals surface area contributed by atoms with Gasteiger partial charge in [-0.15, -0.1) is 10.2 Å². The molecule has 38 heavy (non-hydrogen) atoms. The third kappa shape index (κ3) is 5.78. The van der Waals surface area contributed by atoms with E-state index >= 15 is 0 Å². The van der Waals surface area contributed by atoms with Crippen LogP contribution in [0.3, 0.4) is 0 Å². The van der Waals surface area contributed by atoms with E-state index in [-0.39, 0.29) is 11.6 Å². The number of non-ortho nitro benzene ring substituents is 1. The van der Waals surface area contributed by atoms with E-state index in [1.165, 1.54) is 38.1 Å². The Labute approximate surface area is 224 Å². The van der Waals surface area contributed by atoms with E-state index in [0.29, 0.717) is 39.5 Å². The zero-order valence-corrected chi connectivity index (χ0v) is 22.2. The van der Waals surface area contributed by atoms with Crippen LogP contribution in [0.25, 0.3) is 5.69 Å². The van der Waals surface area contributed by atoms with Crippen LogP contribution in [0.1, 0.15) is 40.3 Å². The van der Waals surface area contributed by atoms with Crippen molar-refractivity contribution in [3.8, 4) is 17.2 Å². The van der Waals surface area contributed by atoms with Crippen molar-refractivity contribution in [2.24, 2.45) is 0 Å². The Morgan fingerprint density at radius 1 is 1.08 bits per heavy atom. The molecule has 4 rings (SSSR count). The Morgan fingerprint density at radius 3 is 2.47 bits per heavy atom. The molecular weight excluding hydrogens is 506 g/mol. The van der Waals surface area contributed by atoms with Crippen molar-refractivity contribution in [1.82, 2.24) is 20.1 Å². The van der Waals surface area contributed by atoms with Gasteiger partial charge in [0, 0.05) is 29.6 Å². The summed E-state index contributed by atoms with van der Waals surface area (Å²) in [7, 11) is 3.02. The highest BCUT2D eigenvalue weighted by atomic mass is 32.2. The fourth-order valence-corrected chi connectivity index (χ4v) is 4.90. The lowest BCUT2D eigenvalue weighted by Gasteiger charge is -2.17. The molecule has 0 saturated carbocycles. The smallest absolute Gasteiger partial charge is 0.269 e. The van der Waals surface area contributed by atoms with E-state index in [2.05, 4.69) is 21.6 Å². The number of hydrogen-bond acceptors (Lipinski definition) is 8. The zero-order chi connectivity index (χ0) is 27.2. The van der Waals surface area contributed by atoms with Crippen molar-refractivity contribution in [1.29, 1.82) is 0 Å². The number of nitro groups is 1. The van der Waals surface area contributed by atoms with Gasteiger partial charge in [0.2, 0.25) is 0 Å². The molecule has 0 spiro atoms. The van der Waals surface area contributed by atoms with Gasteiger partial charge >= 0.3 is 0 Å². The molecule has 1 aromatic heterocycles. The molecule has 1 heterocycles. The van der Waals surface area contributed by atoms with E-state index in [4.69, 9.17) is 9.47 Å². The Balaban J connectivity index is 1.66. The normalized spacial score (nSPS) is 11.6. The van der Waals surface area contributed by atoms with Gasteiger partial charge in [0.1, 0.15) is 11.5 Å². The molecule has 0 saturated heterocycles. The van der Waals surface area contributed by atoms with Crippen LogP contribution >= 0.6 is 11.8 Å². The molecule has 0 radical (unpaired) electrons. The van der Waals surface area contributed by atoms with Crippen molar-refractivity contribution in [2.75, 3.05) is 14.2 Å². The number of methoxy groups -OCH3 is 2. The maximum absolute atomic E-state index is 13.2. The van der Waals surface area contributed by atoms with Crippen molar-refractivity contribution >= 4 is 23.4 Å². The molecule has 1 atom stereocenters. The molecule has 10 nitrogen and oxygen atoms in total. The molecule has 11 heteroatoms. The number of carbonyl (C=O) groups is 1. The van der Waals surface area contributed by atoms with E-state index in [1.54, 1.807) is 37.3 Å². The number of thioether (sulfide) groups is 1. The minimum absolute atomic E-state index is 0.0227. The SMILES string of the molecule is COc1ccc(C(=O)NC(C)c2nnc(SCc3ccccc3C)n2-c2ccc([N+](=O)[O-])cc2)c(OC)c1. The number of hydrogen-bond donors (Lipinski definition) is 1. The molecule has 1 amide bonds. The average Bonchev–Trinajstić information content (AvgIpc) is 3.36. The fraction of sp³-hybridized carbons (Fsp3) is 0.222. The van der Waals surface area contributed by atoms with Crippen LogP contribution in [-0.4, -0.2) is 39.8 Å². The van der Waals surface area contributed by atoms with Crippen molar-refractivity contribution in [2.45, 2.75) is 30.8 Å². The minimum atomic E-state index is -0.551.